The lowest BCUT2D eigenvalue weighted by Gasteiger charge is -2.04. The van der Waals surface area contributed by atoms with Crippen LogP contribution in [0, 0.1) is 11.8 Å². The number of anilines is 1. The van der Waals surface area contributed by atoms with Crippen LogP contribution in [0.3, 0.4) is 0 Å². The van der Waals surface area contributed by atoms with Crippen LogP contribution in [0.15, 0.2) is 53.7 Å². The van der Waals surface area contributed by atoms with Crippen molar-refractivity contribution in [2.75, 3.05) is 18.8 Å². The van der Waals surface area contributed by atoms with Crippen molar-refractivity contribution in [2.45, 2.75) is 32.1 Å². The minimum absolute atomic E-state index is 0.165. The van der Waals surface area contributed by atoms with Gasteiger partial charge in [-0.25, -0.2) is 4.98 Å². The number of hydrogen-bond donors (Lipinski definition) is 2. The Morgan fingerprint density at radius 1 is 1.09 bits per heavy atom. The second-order valence-electron chi connectivity index (χ2n) is 7.82. The second-order valence-corrected chi connectivity index (χ2v) is 8.25. The van der Waals surface area contributed by atoms with Crippen molar-refractivity contribution in [1.82, 2.24) is 10.3 Å². The zero-order valence-corrected chi connectivity index (χ0v) is 18.6. The molecule has 0 bridgehead atoms. The number of rotatable bonds is 7. The van der Waals surface area contributed by atoms with Gasteiger partial charge in [-0.1, -0.05) is 48.1 Å². The van der Waals surface area contributed by atoms with Gasteiger partial charge in [-0.05, 0) is 37.1 Å². The molecule has 2 aromatic carbocycles. The van der Waals surface area contributed by atoms with Gasteiger partial charge < -0.3 is 11.1 Å². The maximum atomic E-state index is 12.5. The number of carbonyl (C=O) groups excluding carboxylic acids is 1. The number of unbranched alkanes of at least 4 members (excludes halogenated alkanes) is 2. The largest absolute Gasteiger partial charge is 0.383 e. The van der Waals surface area contributed by atoms with Gasteiger partial charge in [0.1, 0.15) is 5.82 Å². The van der Waals surface area contributed by atoms with E-state index in [1.165, 1.54) is 0 Å². The highest BCUT2D eigenvalue weighted by molar-refractivity contribution is 6.31. The van der Waals surface area contributed by atoms with Crippen LogP contribution in [0.4, 0.5) is 5.82 Å². The van der Waals surface area contributed by atoms with E-state index in [1.807, 2.05) is 42.5 Å². The molecule has 1 aromatic heterocycles. The van der Waals surface area contributed by atoms with E-state index in [0.717, 1.165) is 66.5 Å². The van der Waals surface area contributed by atoms with E-state index >= 15 is 0 Å². The first-order valence-corrected chi connectivity index (χ1v) is 11.2. The molecular weight excluding hydrogens is 420 g/mol. The Hall–Kier alpha value is -3.36. The summed E-state index contributed by atoms with van der Waals surface area (Å²) in [6.07, 6.45) is 6.23. The van der Waals surface area contributed by atoms with Gasteiger partial charge in [0.2, 0.25) is 0 Å². The van der Waals surface area contributed by atoms with Gasteiger partial charge >= 0.3 is 0 Å². The van der Waals surface area contributed by atoms with Crippen LogP contribution >= 0.6 is 11.6 Å². The van der Waals surface area contributed by atoms with Gasteiger partial charge in [-0.3, -0.25) is 9.79 Å². The topological polar surface area (TPSA) is 80.4 Å². The molecule has 2 heterocycles. The third kappa shape index (κ3) is 5.46. The SMILES string of the molecule is Nc1ncc2ccc(Cl)cc2c1C#Cc1ccc(C(=O)CCCCCC2=NCCN2)cc1. The summed E-state index contributed by atoms with van der Waals surface area (Å²) in [5, 5.41) is 5.71. The van der Waals surface area contributed by atoms with E-state index in [9.17, 15) is 4.79 Å². The number of nitrogens with two attached hydrogens (primary N) is 1. The molecule has 1 aliphatic rings. The summed E-state index contributed by atoms with van der Waals surface area (Å²) in [4.78, 5) is 21.1. The van der Waals surface area contributed by atoms with Gasteiger partial charge in [0, 0.05) is 52.5 Å². The first-order chi connectivity index (χ1) is 15.6. The number of ketones is 1. The number of Topliss-reactive ketones (excluding diaryl/α,β-unsaturated/α-hetero) is 1. The minimum Gasteiger partial charge on any atom is -0.383 e. The lowest BCUT2D eigenvalue weighted by molar-refractivity contribution is 0.0979. The van der Waals surface area contributed by atoms with Gasteiger partial charge in [0.15, 0.2) is 5.78 Å². The first kappa shape index (κ1) is 21.9. The van der Waals surface area contributed by atoms with Crippen molar-refractivity contribution in [3.8, 4) is 11.8 Å². The summed E-state index contributed by atoms with van der Waals surface area (Å²) in [6, 6.07) is 13.0. The Kier molecular flexibility index (Phi) is 7.03. The van der Waals surface area contributed by atoms with E-state index in [0.29, 0.717) is 22.8 Å². The van der Waals surface area contributed by atoms with Crippen LogP contribution < -0.4 is 11.1 Å². The number of amidine groups is 1. The van der Waals surface area contributed by atoms with Crippen molar-refractivity contribution >= 4 is 39.8 Å². The standard InChI is InChI=1S/C26H25ClN4O/c27-21-12-11-20-17-31-26(28)22(23(20)16-21)13-8-18-6-9-19(10-7-18)24(32)4-2-1-3-5-25-29-14-15-30-25/h6-7,9-12,16-17H,1-5,14-15H2,(H2,28,31)(H,29,30). The number of benzene rings is 2. The lowest BCUT2D eigenvalue weighted by Crippen LogP contribution is -2.17. The van der Waals surface area contributed by atoms with Crippen LogP contribution in [0.5, 0.6) is 0 Å². The van der Waals surface area contributed by atoms with Crippen molar-refractivity contribution in [2.24, 2.45) is 4.99 Å². The summed E-state index contributed by atoms with van der Waals surface area (Å²) in [6.45, 7) is 1.84. The normalized spacial score (nSPS) is 12.7. The van der Waals surface area contributed by atoms with Gasteiger partial charge in [0.05, 0.1) is 17.9 Å². The Labute approximate surface area is 193 Å². The van der Waals surface area contributed by atoms with Crippen LogP contribution in [0.25, 0.3) is 10.8 Å². The highest BCUT2D eigenvalue weighted by atomic mass is 35.5. The molecule has 0 atom stereocenters. The van der Waals surface area contributed by atoms with Crippen molar-refractivity contribution in [1.29, 1.82) is 0 Å². The number of fused-ring (bicyclic) bond motifs is 1. The molecule has 6 heteroatoms. The summed E-state index contributed by atoms with van der Waals surface area (Å²) in [5.41, 5.74) is 8.24. The Morgan fingerprint density at radius 3 is 2.72 bits per heavy atom. The fourth-order valence-corrected chi connectivity index (χ4v) is 3.89. The molecular formula is C26H25ClN4O. The monoisotopic (exact) mass is 444 g/mol. The molecule has 0 unspecified atom stereocenters. The third-order valence-electron chi connectivity index (χ3n) is 5.48. The van der Waals surface area contributed by atoms with Crippen molar-refractivity contribution in [3.63, 3.8) is 0 Å². The molecule has 32 heavy (non-hydrogen) atoms. The van der Waals surface area contributed by atoms with Crippen LogP contribution in [-0.4, -0.2) is 29.7 Å². The second kappa shape index (κ2) is 10.3. The molecule has 0 saturated carbocycles. The zero-order chi connectivity index (χ0) is 22.3. The van der Waals surface area contributed by atoms with E-state index in [2.05, 4.69) is 27.1 Å². The predicted octanol–water partition coefficient (Wildman–Crippen LogP) is 5.01. The van der Waals surface area contributed by atoms with Crippen LogP contribution in [0.1, 0.15) is 53.6 Å². The molecule has 3 N–H and O–H groups in total. The van der Waals surface area contributed by atoms with Gasteiger partial charge in [-0.2, -0.15) is 0 Å². The van der Waals surface area contributed by atoms with E-state index < -0.39 is 0 Å². The summed E-state index contributed by atoms with van der Waals surface area (Å²) in [5.74, 6) is 7.89. The zero-order valence-electron chi connectivity index (χ0n) is 17.8. The Bertz CT molecular complexity index is 1220. The molecule has 4 rings (SSSR count). The van der Waals surface area contributed by atoms with Gasteiger partial charge in [-0.15, -0.1) is 0 Å². The maximum absolute atomic E-state index is 12.5. The molecule has 0 fully saturated rings. The van der Waals surface area contributed by atoms with Crippen LogP contribution in [0.2, 0.25) is 5.02 Å². The Balaban J connectivity index is 1.36. The number of nitrogens with zero attached hydrogens (tertiary/aromatic N) is 2. The van der Waals surface area contributed by atoms with Crippen LogP contribution in [-0.2, 0) is 0 Å². The first-order valence-electron chi connectivity index (χ1n) is 10.9. The smallest absolute Gasteiger partial charge is 0.162 e. The molecule has 0 spiro atoms. The van der Waals surface area contributed by atoms with E-state index in [4.69, 9.17) is 17.3 Å². The van der Waals surface area contributed by atoms with Gasteiger partial charge in [0.25, 0.3) is 0 Å². The highest BCUT2D eigenvalue weighted by Gasteiger charge is 2.08. The number of aromatic nitrogens is 1. The number of pyridine rings is 1. The highest BCUT2D eigenvalue weighted by Crippen LogP contribution is 2.25. The van der Waals surface area contributed by atoms with Crippen molar-refractivity contribution < 1.29 is 4.79 Å². The van der Waals surface area contributed by atoms with E-state index in [1.54, 1.807) is 6.20 Å². The molecule has 0 amide bonds. The number of nitrogen functional groups attached to an aromatic ring is 1. The molecule has 3 aromatic rings. The molecule has 0 aliphatic carbocycles. The summed E-state index contributed by atoms with van der Waals surface area (Å²) in [7, 11) is 0. The van der Waals surface area contributed by atoms with E-state index in [-0.39, 0.29) is 5.78 Å². The average molecular weight is 445 g/mol. The number of carbonyl (C=O) groups is 1. The molecule has 162 valence electrons. The predicted molar refractivity (Wildman–Crippen MR) is 131 cm³/mol. The fraction of sp³-hybridized carbons (Fsp3) is 0.269. The fourth-order valence-electron chi connectivity index (χ4n) is 3.72. The Morgan fingerprint density at radius 2 is 1.94 bits per heavy atom. The number of halogens is 1. The molecule has 5 nitrogen and oxygen atoms in total. The number of hydrogen-bond acceptors (Lipinski definition) is 5. The molecule has 0 saturated heterocycles. The summed E-state index contributed by atoms with van der Waals surface area (Å²) >= 11 is 6.14. The molecule has 1 aliphatic heterocycles. The maximum Gasteiger partial charge on any atom is 0.162 e. The lowest BCUT2D eigenvalue weighted by atomic mass is 10.0. The quantitative estimate of drug-likeness (QED) is 0.305. The number of nitrogens with one attached hydrogen (secondary N) is 1. The number of aliphatic imine (C=N–C) groups is 1. The minimum atomic E-state index is 0.165. The third-order valence-corrected chi connectivity index (χ3v) is 5.72. The van der Waals surface area contributed by atoms with Crippen molar-refractivity contribution in [3.05, 3.63) is 70.4 Å². The average Bonchev–Trinajstić information content (AvgIpc) is 3.32. The molecule has 0 radical (unpaired) electrons. The summed E-state index contributed by atoms with van der Waals surface area (Å²) < 4.78 is 0.